The van der Waals surface area contributed by atoms with Crippen molar-refractivity contribution in [3.8, 4) is 0 Å². The van der Waals surface area contributed by atoms with E-state index >= 15 is 0 Å². The highest BCUT2D eigenvalue weighted by atomic mass is 32.2. The molecule has 9 nitrogen and oxygen atoms in total. The van der Waals surface area contributed by atoms with Crippen LogP contribution in [0.4, 0.5) is 0 Å². The Hall–Kier alpha value is -2.04. The predicted molar refractivity (Wildman–Crippen MR) is 85.6 cm³/mol. The molecule has 0 saturated heterocycles. The Labute approximate surface area is 140 Å². The number of hydrogen-bond acceptors (Lipinski definition) is 6. The minimum absolute atomic E-state index is 0.0195. The van der Waals surface area contributed by atoms with Gasteiger partial charge in [-0.05, 0) is 0 Å². The molecule has 1 unspecified atom stereocenters. The lowest BCUT2D eigenvalue weighted by atomic mass is 10.1. The molecule has 2 aromatic heterocycles. The van der Waals surface area contributed by atoms with Crippen molar-refractivity contribution in [3.63, 3.8) is 0 Å². The number of aryl methyl sites for hydroxylation is 2. The molecule has 0 aliphatic carbocycles. The van der Waals surface area contributed by atoms with E-state index in [2.05, 4.69) is 21.9 Å². The van der Waals surface area contributed by atoms with Gasteiger partial charge in [-0.15, -0.1) is 11.7 Å². The van der Waals surface area contributed by atoms with Crippen LogP contribution in [0.5, 0.6) is 0 Å². The molecule has 1 aliphatic heterocycles. The van der Waals surface area contributed by atoms with Crippen LogP contribution < -0.4 is 0 Å². The van der Waals surface area contributed by atoms with Crippen LogP contribution in [0.15, 0.2) is 30.2 Å². The Morgan fingerprint density at radius 2 is 2.25 bits per heavy atom. The number of imidazole rings is 1. The zero-order chi connectivity index (χ0) is 17.3. The van der Waals surface area contributed by atoms with Gasteiger partial charge in [-0.3, -0.25) is 4.68 Å². The number of ether oxygens (including phenoxy) is 1. The number of aromatic nitrogens is 5. The average molecular weight is 352 g/mol. The lowest BCUT2D eigenvalue weighted by molar-refractivity contribution is 0.102. The van der Waals surface area contributed by atoms with E-state index in [9.17, 15) is 8.42 Å². The van der Waals surface area contributed by atoms with E-state index < -0.39 is 16.1 Å². The van der Waals surface area contributed by atoms with E-state index in [1.807, 2.05) is 0 Å². The molecule has 3 rings (SSSR count). The Bertz CT molecular complexity index is 841. The molecule has 0 spiro atoms. The highest BCUT2D eigenvalue weighted by Crippen LogP contribution is 2.32. The van der Waals surface area contributed by atoms with Crippen molar-refractivity contribution in [2.24, 2.45) is 14.1 Å². The van der Waals surface area contributed by atoms with Crippen LogP contribution in [0.2, 0.25) is 0 Å². The van der Waals surface area contributed by atoms with Crippen LogP contribution in [0.25, 0.3) is 0 Å². The van der Waals surface area contributed by atoms with Gasteiger partial charge in [-0.2, -0.15) is 4.31 Å². The van der Waals surface area contributed by atoms with E-state index in [4.69, 9.17) is 4.74 Å². The molecule has 24 heavy (non-hydrogen) atoms. The molecule has 2 aromatic rings. The highest BCUT2D eigenvalue weighted by molar-refractivity contribution is 7.89. The maximum atomic E-state index is 13.0. The molecule has 0 N–H and O–H groups in total. The third-order valence-electron chi connectivity index (χ3n) is 3.97. The number of sulfonamides is 1. The van der Waals surface area contributed by atoms with E-state index in [-0.39, 0.29) is 11.6 Å². The van der Waals surface area contributed by atoms with Crippen LogP contribution in [-0.4, -0.2) is 57.0 Å². The van der Waals surface area contributed by atoms with Gasteiger partial charge < -0.3 is 9.30 Å². The van der Waals surface area contributed by atoms with Crippen LogP contribution in [-0.2, 0) is 35.3 Å². The smallest absolute Gasteiger partial charge is 0.262 e. The molecule has 0 bridgehead atoms. The summed E-state index contributed by atoms with van der Waals surface area (Å²) in [7, 11) is -0.211. The van der Waals surface area contributed by atoms with Crippen molar-refractivity contribution in [3.05, 3.63) is 36.6 Å². The topological polar surface area (TPSA) is 95.1 Å². The van der Waals surface area contributed by atoms with E-state index in [1.54, 1.807) is 29.4 Å². The first kappa shape index (κ1) is 16.8. The average Bonchev–Trinajstić information content (AvgIpc) is 3.15. The summed E-state index contributed by atoms with van der Waals surface area (Å²) in [5.41, 5.74) is 1.56. The van der Waals surface area contributed by atoms with Gasteiger partial charge in [0, 0.05) is 33.3 Å². The first-order valence-electron chi connectivity index (χ1n) is 7.52. The zero-order valence-electron chi connectivity index (χ0n) is 13.7. The van der Waals surface area contributed by atoms with Crippen LogP contribution >= 0.6 is 0 Å². The van der Waals surface area contributed by atoms with Crippen LogP contribution in [0.3, 0.4) is 0 Å². The molecule has 0 aromatic carbocycles. The third kappa shape index (κ3) is 2.87. The van der Waals surface area contributed by atoms with E-state index in [0.717, 1.165) is 5.69 Å². The Morgan fingerprint density at radius 1 is 1.46 bits per heavy atom. The van der Waals surface area contributed by atoms with Gasteiger partial charge in [0.15, 0.2) is 5.03 Å². The molecule has 130 valence electrons. The largest absolute Gasteiger partial charge is 0.375 e. The Morgan fingerprint density at radius 3 is 2.92 bits per heavy atom. The normalized spacial score (nSPS) is 18.5. The molecule has 0 fully saturated rings. The van der Waals surface area contributed by atoms with E-state index in [1.165, 1.54) is 16.8 Å². The second-order valence-corrected chi connectivity index (χ2v) is 7.47. The molecular weight excluding hydrogens is 332 g/mol. The van der Waals surface area contributed by atoms with Crippen molar-refractivity contribution in [1.82, 2.24) is 28.9 Å². The van der Waals surface area contributed by atoms with Gasteiger partial charge in [0.1, 0.15) is 5.69 Å². The third-order valence-corrected chi connectivity index (χ3v) is 5.76. The summed E-state index contributed by atoms with van der Waals surface area (Å²) >= 11 is 0. The second kappa shape index (κ2) is 6.46. The highest BCUT2D eigenvalue weighted by Gasteiger charge is 2.40. The van der Waals surface area contributed by atoms with Gasteiger partial charge in [-0.25, -0.2) is 13.4 Å². The quantitative estimate of drug-likeness (QED) is 0.538. The second-order valence-electron chi connectivity index (χ2n) is 5.63. The molecular formula is C14H20N6O3S. The molecule has 0 amide bonds. The molecule has 1 aliphatic rings. The van der Waals surface area contributed by atoms with Crippen molar-refractivity contribution in [2.75, 3.05) is 19.8 Å². The fourth-order valence-corrected chi connectivity index (χ4v) is 4.35. The number of hydrogen-bond donors (Lipinski definition) is 0. The molecule has 10 heteroatoms. The number of rotatable bonds is 6. The predicted octanol–water partition coefficient (Wildman–Crippen LogP) is 0.0393. The first-order chi connectivity index (χ1) is 11.4. The van der Waals surface area contributed by atoms with E-state index in [0.29, 0.717) is 25.3 Å². The monoisotopic (exact) mass is 352 g/mol. The maximum absolute atomic E-state index is 13.0. The molecule has 3 heterocycles. The Kier molecular flexibility index (Phi) is 4.52. The first-order valence-corrected chi connectivity index (χ1v) is 8.96. The lowest BCUT2D eigenvalue weighted by Gasteiger charge is -2.32. The minimum Gasteiger partial charge on any atom is -0.375 e. The summed E-state index contributed by atoms with van der Waals surface area (Å²) in [5.74, 6) is 0. The summed E-state index contributed by atoms with van der Waals surface area (Å²) in [6.07, 6.45) is 5.12. The van der Waals surface area contributed by atoms with Gasteiger partial charge in [0.2, 0.25) is 0 Å². The lowest BCUT2D eigenvalue weighted by Crippen LogP contribution is -2.42. The van der Waals surface area contributed by atoms with Gasteiger partial charge in [0.05, 0.1) is 31.3 Å². The van der Waals surface area contributed by atoms with Gasteiger partial charge in [0.25, 0.3) is 10.0 Å². The molecule has 0 saturated carbocycles. The number of nitrogens with zero attached hydrogens (tertiary/aromatic N) is 6. The summed E-state index contributed by atoms with van der Waals surface area (Å²) in [6.45, 7) is 4.46. The summed E-state index contributed by atoms with van der Waals surface area (Å²) in [6, 6.07) is -0.533. The SMILES string of the molecule is C=CCOCC1c2nnn(C)c2CCN1S(=O)(=O)c1cn(C)cn1. The zero-order valence-corrected chi connectivity index (χ0v) is 14.5. The van der Waals surface area contributed by atoms with Crippen LogP contribution in [0.1, 0.15) is 17.4 Å². The molecule has 1 atom stereocenters. The Balaban J connectivity index is 1.97. The fourth-order valence-electron chi connectivity index (χ4n) is 2.80. The summed E-state index contributed by atoms with van der Waals surface area (Å²) in [5, 5.41) is 8.19. The summed E-state index contributed by atoms with van der Waals surface area (Å²) < 4.78 is 36.2. The van der Waals surface area contributed by atoms with Gasteiger partial charge in [-0.1, -0.05) is 11.3 Å². The number of fused-ring (bicyclic) bond motifs is 1. The van der Waals surface area contributed by atoms with Crippen molar-refractivity contribution >= 4 is 10.0 Å². The maximum Gasteiger partial charge on any atom is 0.262 e. The summed E-state index contributed by atoms with van der Waals surface area (Å²) in [4.78, 5) is 3.99. The van der Waals surface area contributed by atoms with Crippen molar-refractivity contribution in [1.29, 1.82) is 0 Å². The standard InChI is InChI=1S/C14H20N6O3S/c1-4-7-23-9-12-14-11(19(3)17-16-14)5-6-20(12)24(21,22)13-8-18(2)10-15-13/h4,8,10,12H,1,5-7,9H2,2-3H3. The molecule has 0 radical (unpaired) electrons. The fraction of sp³-hybridized carbons (Fsp3) is 0.500. The van der Waals surface area contributed by atoms with Crippen molar-refractivity contribution < 1.29 is 13.2 Å². The van der Waals surface area contributed by atoms with Gasteiger partial charge >= 0.3 is 0 Å². The van der Waals surface area contributed by atoms with Crippen LogP contribution in [0, 0.1) is 0 Å². The van der Waals surface area contributed by atoms with Crippen molar-refractivity contribution in [2.45, 2.75) is 17.5 Å². The minimum atomic E-state index is -3.74.